The Bertz CT molecular complexity index is 957. The van der Waals surface area contributed by atoms with Crippen molar-refractivity contribution in [2.24, 2.45) is 0 Å². The molecule has 0 aliphatic heterocycles. The van der Waals surface area contributed by atoms with Crippen LogP contribution in [0.2, 0.25) is 5.02 Å². The zero-order chi connectivity index (χ0) is 17.1. The molecule has 0 amide bonds. The average Bonchev–Trinajstić information content (AvgIpc) is 2.54. The van der Waals surface area contributed by atoms with Crippen LogP contribution < -0.4 is 4.74 Å². The Labute approximate surface area is 162 Å². The van der Waals surface area contributed by atoms with Crippen molar-refractivity contribution < 1.29 is 4.74 Å². The third-order valence-electron chi connectivity index (χ3n) is 3.18. The van der Waals surface area contributed by atoms with E-state index >= 15 is 0 Å². The fourth-order valence-electron chi connectivity index (χ4n) is 2.10. The summed E-state index contributed by atoms with van der Waals surface area (Å²) >= 11 is 19.7. The quantitative estimate of drug-likeness (QED) is 0.499. The Hall–Kier alpha value is -1.54. The standard InChI is InChI=1S/C16H11BrClN3OS2/c17-12-3-1-2-11(14-19-15(23)21-16(24)20-14)13(12)22-8-9-4-6-10(18)7-5-9/h1-7H,8H2,(H2,19,20,21,23,24). The lowest BCUT2D eigenvalue weighted by atomic mass is 10.2. The number of aromatic nitrogens is 3. The predicted octanol–water partition coefficient (Wildman–Crippen LogP) is 5.86. The van der Waals surface area contributed by atoms with E-state index in [0.717, 1.165) is 15.6 Å². The van der Waals surface area contributed by atoms with Crippen molar-refractivity contribution in [3.8, 4) is 17.1 Å². The maximum absolute atomic E-state index is 6.00. The number of ether oxygens (including phenoxy) is 1. The van der Waals surface area contributed by atoms with Gasteiger partial charge in [-0.25, -0.2) is 4.98 Å². The first-order valence-corrected chi connectivity index (χ1v) is 8.88. The van der Waals surface area contributed by atoms with Crippen LogP contribution in [0.5, 0.6) is 5.75 Å². The minimum Gasteiger partial charge on any atom is -0.487 e. The number of aromatic amines is 2. The van der Waals surface area contributed by atoms with Crippen molar-refractivity contribution in [1.29, 1.82) is 0 Å². The Kier molecular flexibility index (Phi) is 5.45. The molecule has 0 unspecified atom stereocenters. The second-order valence-electron chi connectivity index (χ2n) is 4.88. The van der Waals surface area contributed by atoms with Gasteiger partial charge in [0.1, 0.15) is 18.2 Å². The fraction of sp³-hybridized carbons (Fsp3) is 0.0625. The van der Waals surface area contributed by atoms with Crippen LogP contribution >= 0.6 is 52.0 Å². The van der Waals surface area contributed by atoms with Crippen LogP contribution in [-0.2, 0) is 6.61 Å². The summed E-state index contributed by atoms with van der Waals surface area (Å²) in [6.45, 7) is 0.396. The molecule has 4 nitrogen and oxygen atoms in total. The Morgan fingerprint density at radius 3 is 2.54 bits per heavy atom. The Morgan fingerprint density at radius 1 is 1.08 bits per heavy atom. The molecule has 0 bridgehead atoms. The molecule has 0 atom stereocenters. The van der Waals surface area contributed by atoms with E-state index in [-0.39, 0.29) is 0 Å². The second kappa shape index (κ2) is 7.57. The summed E-state index contributed by atoms with van der Waals surface area (Å²) < 4.78 is 7.54. The van der Waals surface area contributed by atoms with E-state index in [2.05, 4.69) is 30.9 Å². The molecule has 0 saturated heterocycles. The van der Waals surface area contributed by atoms with Crippen LogP contribution in [0.4, 0.5) is 0 Å². The van der Waals surface area contributed by atoms with Crippen molar-refractivity contribution in [2.75, 3.05) is 0 Å². The second-order valence-corrected chi connectivity index (χ2v) is 6.96. The summed E-state index contributed by atoms with van der Waals surface area (Å²) in [7, 11) is 0. The van der Waals surface area contributed by atoms with Crippen LogP contribution in [-0.4, -0.2) is 15.0 Å². The lowest BCUT2D eigenvalue weighted by Gasteiger charge is -2.13. The van der Waals surface area contributed by atoms with Gasteiger partial charge in [0.15, 0.2) is 4.77 Å². The highest BCUT2D eigenvalue weighted by Crippen LogP contribution is 2.35. The smallest absolute Gasteiger partial charge is 0.201 e. The summed E-state index contributed by atoms with van der Waals surface area (Å²) in [6, 6.07) is 13.2. The highest BCUT2D eigenvalue weighted by Gasteiger charge is 2.12. The molecular formula is C16H11BrClN3OS2. The number of benzene rings is 2. The SMILES string of the molecule is S=c1nc(-c2cccc(Br)c2OCc2ccc(Cl)cc2)[nH]c(=S)[nH]1. The molecule has 0 aliphatic carbocycles. The number of rotatable bonds is 4. The lowest BCUT2D eigenvalue weighted by Crippen LogP contribution is -2.00. The van der Waals surface area contributed by atoms with E-state index in [9.17, 15) is 0 Å². The number of para-hydroxylation sites is 1. The number of halogens is 2. The fourth-order valence-corrected chi connectivity index (χ4v) is 3.16. The molecule has 0 radical (unpaired) electrons. The van der Waals surface area contributed by atoms with Gasteiger partial charge in [-0.3, -0.25) is 0 Å². The van der Waals surface area contributed by atoms with Crippen LogP contribution in [0.25, 0.3) is 11.4 Å². The average molecular weight is 441 g/mol. The molecule has 3 aromatic rings. The van der Waals surface area contributed by atoms with Crippen LogP contribution in [0, 0.1) is 9.54 Å². The van der Waals surface area contributed by atoms with Crippen molar-refractivity contribution in [3.63, 3.8) is 0 Å². The molecule has 1 aromatic heterocycles. The van der Waals surface area contributed by atoms with E-state index in [1.165, 1.54) is 0 Å². The highest BCUT2D eigenvalue weighted by molar-refractivity contribution is 9.10. The summed E-state index contributed by atoms with van der Waals surface area (Å²) in [6.07, 6.45) is 0. The minimum atomic E-state index is 0.317. The lowest BCUT2D eigenvalue weighted by molar-refractivity contribution is 0.305. The maximum Gasteiger partial charge on any atom is 0.201 e. The molecule has 1 heterocycles. The van der Waals surface area contributed by atoms with E-state index in [1.54, 1.807) is 0 Å². The van der Waals surface area contributed by atoms with Crippen molar-refractivity contribution in [3.05, 3.63) is 67.1 Å². The molecule has 0 spiro atoms. The summed E-state index contributed by atoms with van der Waals surface area (Å²) in [5.74, 6) is 1.21. The zero-order valence-electron chi connectivity index (χ0n) is 12.2. The molecule has 24 heavy (non-hydrogen) atoms. The molecule has 2 aromatic carbocycles. The topological polar surface area (TPSA) is 53.7 Å². The summed E-state index contributed by atoms with van der Waals surface area (Å²) in [5, 5.41) is 0.690. The van der Waals surface area contributed by atoms with Crippen LogP contribution in [0.3, 0.4) is 0 Å². The molecule has 2 N–H and O–H groups in total. The van der Waals surface area contributed by atoms with E-state index in [0.29, 0.717) is 32.7 Å². The van der Waals surface area contributed by atoms with E-state index < -0.39 is 0 Å². The zero-order valence-corrected chi connectivity index (χ0v) is 16.2. The Morgan fingerprint density at radius 2 is 1.83 bits per heavy atom. The number of nitrogens with zero attached hydrogens (tertiary/aromatic N) is 1. The summed E-state index contributed by atoms with van der Waals surface area (Å²) in [4.78, 5) is 10.1. The predicted molar refractivity (Wildman–Crippen MR) is 104 cm³/mol. The maximum atomic E-state index is 6.00. The number of hydrogen-bond acceptors (Lipinski definition) is 4. The van der Waals surface area contributed by atoms with Gasteiger partial charge in [0.05, 0.1) is 10.0 Å². The van der Waals surface area contributed by atoms with Crippen LogP contribution in [0.15, 0.2) is 46.9 Å². The highest BCUT2D eigenvalue weighted by atomic mass is 79.9. The van der Waals surface area contributed by atoms with Gasteiger partial charge >= 0.3 is 0 Å². The summed E-state index contributed by atoms with van der Waals surface area (Å²) in [5.41, 5.74) is 1.77. The van der Waals surface area contributed by atoms with Gasteiger partial charge in [0.25, 0.3) is 0 Å². The van der Waals surface area contributed by atoms with E-state index in [4.69, 9.17) is 40.8 Å². The van der Waals surface area contributed by atoms with Gasteiger partial charge in [0, 0.05) is 5.02 Å². The molecule has 0 fully saturated rings. The number of nitrogens with one attached hydrogen (secondary N) is 2. The number of H-pyrrole nitrogens is 2. The minimum absolute atomic E-state index is 0.317. The molecular weight excluding hydrogens is 430 g/mol. The van der Waals surface area contributed by atoms with Crippen molar-refractivity contribution in [2.45, 2.75) is 6.61 Å². The third-order valence-corrected chi connectivity index (χ3v) is 4.46. The molecule has 3 rings (SSSR count). The van der Waals surface area contributed by atoms with Gasteiger partial charge in [0.2, 0.25) is 4.77 Å². The van der Waals surface area contributed by atoms with Gasteiger partial charge in [-0.15, -0.1) is 0 Å². The van der Waals surface area contributed by atoms with Gasteiger partial charge in [-0.05, 0) is 70.2 Å². The molecule has 0 aliphatic rings. The number of hydrogen-bond donors (Lipinski definition) is 2. The van der Waals surface area contributed by atoms with Crippen molar-refractivity contribution >= 4 is 52.0 Å². The first kappa shape index (κ1) is 17.3. The van der Waals surface area contributed by atoms with Crippen molar-refractivity contribution in [1.82, 2.24) is 15.0 Å². The normalized spacial score (nSPS) is 10.6. The molecule has 0 saturated carbocycles. The van der Waals surface area contributed by atoms with Crippen LogP contribution in [0.1, 0.15) is 5.56 Å². The first-order chi connectivity index (χ1) is 11.5. The van der Waals surface area contributed by atoms with Gasteiger partial charge < -0.3 is 14.7 Å². The van der Waals surface area contributed by atoms with Gasteiger partial charge in [-0.1, -0.05) is 29.8 Å². The monoisotopic (exact) mass is 439 g/mol. The molecule has 122 valence electrons. The third kappa shape index (κ3) is 4.10. The first-order valence-electron chi connectivity index (χ1n) is 6.90. The van der Waals surface area contributed by atoms with E-state index in [1.807, 2.05) is 42.5 Å². The Balaban J connectivity index is 1.97. The molecule has 8 heteroatoms. The van der Waals surface area contributed by atoms with Gasteiger partial charge in [-0.2, -0.15) is 0 Å². The largest absolute Gasteiger partial charge is 0.487 e.